The van der Waals surface area contributed by atoms with Crippen molar-refractivity contribution >= 4 is 0 Å². The van der Waals surface area contributed by atoms with Gasteiger partial charge in [0, 0.05) is 19.2 Å². The van der Waals surface area contributed by atoms with Crippen LogP contribution in [0.4, 0.5) is 0 Å². The molecule has 92 valence electrons. The Morgan fingerprint density at radius 1 is 1.53 bits per heavy atom. The van der Waals surface area contributed by atoms with E-state index in [2.05, 4.69) is 10.3 Å². The first-order chi connectivity index (χ1) is 8.36. The number of hydrogen-bond acceptors (Lipinski definition) is 4. The molecule has 0 amide bonds. The Kier molecular flexibility index (Phi) is 2.99. The van der Waals surface area contributed by atoms with Crippen LogP contribution in [0.25, 0.3) is 0 Å². The first-order valence-corrected chi connectivity index (χ1v) is 6.28. The quantitative estimate of drug-likeness (QED) is 0.839. The molecule has 0 aromatic carbocycles. The van der Waals surface area contributed by atoms with E-state index in [-0.39, 0.29) is 11.7 Å². The standard InChI is InChI=1S/C13H18N2O2/c1-3-11(8-14-5-1)17-12-7-13(16-9-12)4-2-6-15-10-13/h1,3,5,8,12,15H,2,4,6-7,9-10H2. The molecule has 1 aromatic heterocycles. The number of pyridine rings is 1. The highest BCUT2D eigenvalue weighted by Gasteiger charge is 2.42. The van der Waals surface area contributed by atoms with Crippen LogP contribution < -0.4 is 10.1 Å². The van der Waals surface area contributed by atoms with E-state index in [4.69, 9.17) is 9.47 Å². The molecule has 4 heteroatoms. The molecule has 3 rings (SSSR count). The number of rotatable bonds is 2. The van der Waals surface area contributed by atoms with E-state index in [1.807, 2.05) is 12.1 Å². The van der Waals surface area contributed by atoms with Gasteiger partial charge in [0.2, 0.25) is 0 Å². The second-order valence-corrected chi connectivity index (χ2v) is 4.91. The van der Waals surface area contributed by atoms with Crippen molar-refractivity contribution in [3.05, 3.63) is 24.5 Å². The van der Waals surface area contributed by atoms with Crippen molar-refractivity contribution < 1.29 is 9.47 Å². The zero-order chi connectivity index (χ0) is 11.6. The highest BCUT2D eigenvalue weighted by molar-refractivity contribution is 5.16. The van der Waals surface area contributed by atoms with Crippen LogP contribution in [-0.4, -0.2) is 36.4 Å². The van der Waals surface area contributed by atoms with Crippen molar-refractivity contribution in [2.24, 2.45) is 0 Å². The molecule has 17 heavy (non-hydrogen) atoms. The van der Waals surface area contributed by atoms with Crippen molar-refractivity contribution in [3.63, 3.8) is 0 Å². The van der Waals surface area contributed by atoms with Crippen molar-refractivity contribution in [2.45, 2.75) is 31.0 Å². The lowest BCUT2D eigenvalue weighted by Gasteiger charge is -2.32. The third-order valence-electron chi connectivity index (χ3n) is 3.55. The zero-order valence-corrected chi connectivity index (χ0v) is 9.89. The maximum atomic E-state index is 5.96. The van der Waals surface area contributed by atoms with E-state index < -0.39 is 0 Å². The molecule has 1 spiro atoms. The topological polar surface area (TPSA) is 43.4 Å². The molecular formula is C13H18N2O2. The van der Waals surface area contributed by atoms with E-state index in [0.29, 0.717) is 6.61 Å². The average molecular weight is 234 g/mol. The maximum absolute atomic E-state index is 5.96. The number of aromatic nitrogens is 1. The summed E-state index contributed by atoms with van der Waals surface area (Å²) in [5, 5.41) is 3.41. The van der Waals surface area contributed by atoms with Crippen molar-refractivity contribution in [3.8, 4) is 5.75 Å². The maximum Gasteiger partial charge on any atom is 0.138 e. The van der Waals surface area contributed by atoms with Gasteiger partial charge in [0.25, 0.3) is 0 Å². The molecule has 2 saturated heterocycles. The van der Waals surface area contributed by atoms with Gasteiger partial charge in [0.1, 0.15) is 11.9 Å². The Labute approximate surface area is 101 Å². The number of nitrogens with one attached hydrogen (secondary N) is 1. The van der Waals surface area contributed by atoms with Crippen LogP contribution in [-0.2, 0) is 4.74 Å². The molecular weight excluding hydrogens is 216 g/mol. The van der Waals surface area contributed by atoms with Crippen LogP contribution in [0.5, 0.6) is 5.75 Å². The van der Waals surface area contributed by atoms with Gasteiger partial charge in [-0.25, -0.2) is 0 Å². The fourth-order valence-corrected chi connectivity index (χ4v) is 2.73. The zero-order valence-electron chi connectivity index (χ0n) is 9.89. The molecule has 2 unspecified atom stereocenters. The molecule has 0 saturated carbocycles. The van der Waals surface area contributed by atoms with Gasteiger partial charge in [-0.3, -0.25) is 4.98 Å². The summed E-state index contributed by atoms with van der Waals surface area (Å²) < 4.78 is 11.8. The second-order valence-electron chi connectivity index (χ2n) is 4.91. The molecule has 1 aromatic rings. The SMILES string of the molecule is c1cncc(OC2COC3(CCCNC3)C2)c1. The fraction of sp³-hybridized carbons (Fsp3) is 0.615. The van der Waals surface area contributed by atoms with E-state index in [1.165, 1.54) is 6.42 Å². The molecule has 2 fully saturated rings. The van der Waals surface area contributed by atoms with Gasteiger partial charge in [-0.1, -0.05) is 0 Å². The Morgan fingerprint density at radius 2 is 2.53 bits per heavy atom. The van der Waals surface area contributed by atoms with Gasteiger partial charge in [0.05, 0.1) is 18.4 Å². The fourth-order valence-electron chi connectivity index (χ4n) is 2.73. The van der Waals surface area contributed by atoms with Gasteiger partial charge in [-0.2, -0.15) is 0 Å². The molecule has 2 aliphatic heterocycles. The van der Waals surface area contributed by atoms with Crippen molar-refractivity contribution in [1.82, 2.24) is 10.3 Å². The first-order valence-electron chi connectivity index (χ1n) is 6.28. The minimum Gasteiger partial charge on any atom is -0.486 e. The summed E-state index contributed by atoms with van der Waals surface area (Å²) >= 11 is 0. The Balaban J connectivity index is 1.60. The normalized spacial score (nSPS) is 32.8. The van der Waals surface area contributed by atoms with E-state index in [1.54, 1.807) is 12.4 Å². The molecule has 0 bridgehead atoms. The van der Waals surface area contributed by atoms with Gasteiger partial charge < -0.3 is 14.8 Å². The van der Waals surface area contributed by atoms with Crippen LogP contribution in [0.2, 0.25) is 0 Å². The third kappa shape index (κ3) is 2.42. The van der Waals surface area contributed by atoms with E-state index in [9.17, 15) is 0 Å². The second kappa shape index (κ2) is 4.63. The number of piperidine rings is 1. The van der Waals surface area contributed by atoms with Crippen LogP contribution in [0.3, 0.4) is 0 Å². The smallest absolute Gasteiger partial charge is 0.138 e. The van der Waals surface area contributed by atoms with Gasteiger partial charge >= 0.3 is 0 Å². The van der Waals surface area contributed by atoms with Crippen LogP contribution in [0.15, 0.2) is 24.5 Å². The summed E-state index contributed by atoms with van der Waals surface area (Å²) in [6.45, 7) is 2.76. The first kappa shape index (κ1) is 11.0. The minimum absolute atomic E-state index is 0.0190. The molecule has 0 radical (unpaired) electrons. The number of nitrogens with zero attached hydrogens (tertiary/aromatic N) is 1. The molecule has 1 N–H and O–H groups in total. The van der Waals surface area contributed by atoms with E-state index in [0.717, 1.165) is 31.7 Å². The third-order valence-corrected chi connectivity index (χ3v) is 3.55. The molecule has 3 heterocycles. The highest BCUT2D eigenvalue weighted by Crippen LogP contribution is 2.33. The summed E-state index contributed by atoms with van der Waals surface area (Å²) in [6.07, 6.45) is 7.00. The lowest BCUT2D eigenvalue weighted by molar-refractivity contribution is -0.0153. The van der Waals surface area contributed by atoms with Crippen molar-refractivity contribution in [2.75, 3.05) is 19.7 Å². The summed E-state index contributed by atoms with van der Waals surface area (Å²) in [7, 11) is 0. The monoisotopic (exact) mass is 234 g/mol. The average Bonchev–Trinajstić information content (AvgIpc) is 2.74. The van der Waals surface area contributed by atoms with Gasteiger partial charge in [0.15, 0.2) is 0 Å². The van der Waals surface area contributed by atoms with E-state index >= 15 is 0 Å². The number of hydrogen-bond donors (Lipinski definition) is 1. The van der Waals surface area contributed by atoms with Gasteiger partial charge in [-0.15, -0.1) is 0 Å². The largest absolute Gasteiger partial charge is 0.486 e. The summed E-state index contributed by atoms with van der Waals surface area (Å²) in [5.74, 6) is 0.835. The molecule has 2 atom stereocenters. The summed E-state index contributed by atoms with van der Waals surface area (Å²) in [6, 6.07) is 3.83. The highest BCUT2D eigenvalue weighted by atomic mass is 16.6. The molecule has 2 aliphatic rings. The molecule has 4 nitrogen and oxygen atoms in total. The number of ether oxygens (including phenoxy) is 2. The Bertz CT molecular complexity index is 363. The predicted molar refractivity (Wildman–Crippen MR) is 64.1 cm³/mol. The van der Waals surface area contributed by atoms with Crippen LogP contribution in [0.1, 0.15) is 19.3 Å². The molecule has 0 aliphatic carbocycles. The lowest BCUT2D eigenvalue weighted by atomic mass is 9.90. The lowest BCUT2D eigenvalue weighted by Crippen LogP contribution is -2.45. The minimum atomic E-state index is 0.0190. The van der Waals surface area contributed by atoms with Crippen molar-refractivity contribution in [1.29, 1.82) is 0 Å². The Morgan fingerprint density at radius 3 is 3.29 bits per heavy atom. The van der Waals surface area contributed by atoms with Gasteiger partial charge in [-0.05, 0) is 31.5 Å². The van der Waals surface area contributed by atoms with Crippen LogP contribution >= 0.6 is 0 Å². The summed E-state index contributed by atoms with van der Waals surface area (Å²) in [4.78, 5) is 4.05. The predicted octanol–water partition coefficient (Wildman–Crippen LogP) is 1.37. The summed E-state index contributed by atoms with van der Waals surface area (Å²) in [5.41, 5.74) is 0.0190. The van der Waals surface area contributed by atoms with Crippen LogP contribution in [0, 0.1) is 0 Å². The Hall–Kier alpha value is -1.13.